The number of rotatable bonds is 4. The van der Waals surface area contributed by atoms with Crippen LogP contribution in [0.1, 0.15) is 5.56 Å². The number of carboxylic acid groups (broad SMARTS) is 1. The fourth-order valence-electron chi connectivity index (χ4n) is 1.53. The minimum absolute atomic E-state index is 0.136. The van der Waals surface area contributed by atoms with Gasteiger partial charge in [0.05, 0.1) is 0 Å². The molecule has 1 heterocycles. The molecule has 1 aromatic carbocycles. The predicted molar refractivity (Wildman–Crippen MR) is 88.8 cm³/mol. The number of halogens is 1. The molecule has 5 nitrogen and oxygen atoms in total. The summed E-state index contributed by atoms with van der Waals surface area (Å²) in [7, 11) is 0. The van der Waals surface area contributed by atoms with E-state index in [4.69, 9.17) is 9.84 Å². The van der Waals surface area contributed by atoms with Gasteiger partial charge in [-0.05, 0) is 42.3 Å². The molecule has 0 aliphatic carbocycles. The highest BCUT2D eigenvalue weighted by Gasteiger charge is 2.22. The summed E-state index contributed by atoms with van der Waals surface area (Å²) in [5.74, 6) is -0.676. The second-order valence-corrected chi connectivity index (χ2v) is 6.80. The van der Waals surface area contributed by atoms with Crippen molar-refractivity contribution in [3.8, 4) is 5.75 Å². The molecule has 0 fully saturated rings. The Bertz CT molecular complexity index is 658. The van der Waals surface area contributed by atoms with Crippen LogP contribution in [0, 0.1) is 0 Å². The number of benzene rings is 1. The topological polar surface area (TPSA) is 76.0 Å². The standard InChI is InChI=1S/C13H10BrNO4S2/c1-20-13-15-9(12(18)21-13)5-7-4-8(14)2-3-10(7)19-6-11(16)17/h2-5H,6H2,1H3,(H,16,17). The number of hydrogen-bond acceptors (Lipinski definition) is 6. The van der Waals surface area contributed by atoms with Crippen LogP contribution in [0.3, 0.4) is 0 Å². The molecule has 1 aliphatic rings. The first-order chi connectivity index (χ1) is 9.99. The second kappa shape index (κ2) is 7.15. The van der Waals surface area contributed by atoms with E-state index in [1.807, 2.05) is 6.26 Å². The van der Waals surface area contributed by atoms with E-state index in [1.165, 1.54) is 11.8 Å². The van der Waals surface area contributed by atoms with Crippen molar-refractivity contribution in [2.75, 3.05) is 12.9 Å². The summed E-state index contributed by atoms with van der Waals surface area (Å²) >= 11 is 5.82. The largest absolute Gasteiger partial charge is 0.481 e. The lowest BCUT2D eigenvalue weighted by Gasteiger charge is -2.07. The molecule has 0 bridgehead atoms. The van der Waals surface area contributed by atoms with E-state index in [1.54, 1.807) is 24.3 Å². The molecule has 0 aromatic heterocycles. The molecule has 0 radical (unpaired) electrons. The Kier molecular flexibility index (Phi) is 5.49. The van der Waals surface area contributed by atoms with Gasteiger partial charge < -0.3 is 9.84 Å². The summed E-state index contributed by atoms with van der Waals surface area (Å²) in [5.41, 5.74) is 0.920. The van der Waals surface area contributed by atoms with Gasteiger partial charge in [-0.15, -0.1) is 11.8 Å². The average molecular weight is 388 g/mol. The predicted octanol–water partition coefficient (Wildman–Crippen LogP) is 3.25. The third kappa shape index (κ3) is 4.36. The zero-order chi connectivity index (χ0) is 15.4. The lowest BCUT2D eigenvalue weighted by Crippen LogP contribution is -2.10. The van der Waals surface area contributed by atoms with Crippen LogP contribution in [-0.4, -0.2) is 33.4 Å². The van der Waals surface area contributed by atoms with Crippen molar-refractivity contribution in [1.82, 2.24) is 0 Å². The van der Waals surface area contributed by atoms with E-state index in [0.29, 0.717) is 21.4 Å². The normalized spacial score (nSPS) is 16.2. The minimum atomic E-state index is -1.06. The molecule has 1 N–H and O–H groups in total. The van der Waals surface area contributed by atoms with Gasteiger partial charge in [0.1, 0.15) is 15.8 Å². The van der Waals surface area contributed by atoms with E-state index in [9.17, 15) is 9.59 Å². The number of carbonyl (C=O) groups is 2. The van der Waals surface area contributed by atoms with Crippen LogP contribution in [0.4, 0.5) is 0 Å². The van der Waals surface area contributed by atoms with E-state index >= 15 is 0 Å². The van der Waals surface area contributed by atoms with Crippen LogP contribution in [0.15, 0.2) is 33.4 Å². The first kappa shape index (κ1) is 16.1. The van der Waals surface area contributed by atoms with Gasteiger partial charge in [-0.25, -0.2) is 9.79 Å². The molecular weight excluding hydrogens is 378 g/mol. The molecule has 1 aliphatic heterocycles. The van der Waals surface area contributed by atoms with Crippen molar-refractivity contribution in [2.24, 2.45) is 4.99 Å². The molecule has 0 unspecified atom stereocenters. The van der Waals surface area contributed by atoms with Crippen molar-refractivity contribution in [3.05, 3.63) is 33.9 Å². The van der Waals surface area contributed by atoms with Crippen LogP contribution >= 0.6 is 39.5 Å². The molecule has 8 heteroatoms. The van der Waals surface area contributed by atoms with Crippen LogP contribution < -0.4 is 4.74 Å². The van der Waals surface area contributed by atoms with Gasteiger partial charge in [0, 0.05) is 10.0 Å². The number of carboxylic acids is 1. The number of carbonyl (C=O) groups excluding carboxylic acids is 1. The number of aliphatic carboxylic acids is 1. The van der Waals surface area contributed by atoms with Crippen molar-refractivity contribution in [3.63, 3.8) is 0 Å². The quantitative estimate of drug-likeness (QED) is 0.799. The Morgan fingerprint density at radius 1 is 1.57 bits per heavy atom. The van der Waals surface area contributed by atoms with Crippen molar-refractivity contribution in [1.29, 1.82) is 0 Å². The van der Waals surface area contributed by atoms with Crippen LogP contribution in [-0.2, 0) is 9.59 Å². The van der Waals surface area contributed by atoms with Crippen molar-refractivity contribution in [2.45, 2.75) is 0 Å². The lowest BCUT2D eigenvalue weighted by molar-refractivity contribution is -0.139. The van der Waals surface area contributed by atoms with Crippen LogP contribution in [0.25, 0.3) is 6.08 Å². The molecule has 1 aromatic rings. The summed E-state index contributed by atoms with van der Waals surface area (Å²) in [6.07, 6.45) is 3.45. The summed E-state index contributed by atoms with van der Waals surface area (Å²) in [5, 5.41) is 8.55. The van der Waals surface area contributed by atoms with E-state index < -0.39 is 12.6 Å². The Balaban J connectivity index is 2.34. The van der Waals surface area contributed by atoms with Gasteiger partial charge in [0.25, 0.3) is 0 Å². The molecule has 0 saturated heterocycles. The van der Waals surface area contributed by atoms with Gasteiger partial charge in [-0.3, -0.25) is 4.79 Å². The Morgan fingerprint density at radius 3 is 2.95 bits per heavy atom. The van der Waals surface area contributed by atoms with Crippen molar-refractivity contribution >= 4 is 61.0 Å². The van der Waals surface area contributed by atoms with Gasteiger partial charge >= 0.3 is 5.97 Å². The second-order valence-electron chi connectivity index (χ2n) is 3.87. The molecule has 0 spiro atoms. The summed E-state index contributed by atoms with van der Waals surface area (Å²) in [6.45, 7) is -0.445. The smallest absolute Gasteiger partial charge is 0.341 e. The lowest BCUT2D eigenvalue weighted by atomic mass is 10.1. The van der Waals surface area contributed by atoms with Gasteiger partial charge in [-0.1, -0.05) is 15.9 Å². The molecule has 0 saturated carbocycles. The number of nitrogens with zero attached hydrogens (tertiary/aromatic N) is 1. The summed E-state index contributed by atoms with van der Waals surface area (Å²) in [4.78, 5) is 26.6. The fraction of sp³-hybridized carbons (Fsp3) is 0.154. The number of thioether (sulfide) groups is 2. The summed E-state index contributed by atoms with van der Waals surface area (Å²) < 4.78 is 6.70. The maximum absolute atomic E-state index is 11.8. The number of ether oxygens (including phenoxy) is 1. The number of hydrogen-bond donors (Lipinski definition) is 1. The average Bonchev–Trinajstić information content (AvgIpc) is 2.78. The third-order valence-electron chi connectivity index (χ3n) is 2.39. The van der Waals surface area contributed by atoms with Gasteiger partial charge in [-0.2, -0.15) is 0 Å². The zero-order valence-corrected chi connectivity index (χ0v) is 14.0. The SMILES string of the molecule is CSC1=NC(=Cc2cc(Br)ccc2OCC(=O)O)C(=O)S1. The Hall–Kier alpha value is -1.25. The highest BCUT2D eigenvalue weighted by atomic mass is 79.9. The minimum Gasteiger partial charge on any atom is -0.481 e. The van der Waals surface area contributed by atoms with E-state index in [2.05, 4.69) is 20.9 Å². The third-order valence-corrected chi connectivity index (χ3v) is 4.73. The highest BCUT2D eigenvalue weighted by Crippen LogP contribution is 2.32. The molecule has 2 rings (SSSR count). The Labute approximate surface area is 138 Å². The maximum Gasteiger partial charge on any atom is 0.341 e. The van der Waals surface area contributed by atoms with Gasteiger partial charge in [0.2, 0.25) is 5.12 Å². The summed E-state index contributed by atoms with van der Waals surface area (Å²) in [6, 6.07) is 5.13. The van der Waals surface area contributed by atoms with E-state index in [-0.39, 0.29) is 5.12 Å². The molecule has 0 atom stereocenters. The molecule has 0 amide bonds. The number of aliphatic imine (C=N–C) groups is 1. The highest BCUT2D eigenvalue weighted by molar-refractivity contribution is 9.10. The Morgan fingerprint density at radius 2 is 2.33 bits per heavy atom. The monoisotopic (exact) mass is 387 g/mol. The molecule has 21 heavy (non-hydrogen) atoms. The first-order valence-electron chi connectivity index (χ1n) is 5.70. The van der Waals surface area contributed by atoms with Crippen LogP contribution in [0.2, 0.25) is 0 Å². The molecular formula is C13H10BrNO4S2. The van der Waals surface area contributed by atoms with E-state index in [0.717, 1.165) is 16.2 Å². The van der Waals surface area contributed by atoms with Crippen molar-refractivity contribution < 1.29 is 19.4 Å². The maximum atomic E-state index is 11.8. The first-order valence-corrected chi connectivity index (χ1v) is 8.53. The fourth-order valence-corrected chi connectivity index (χ4v) is 3.17. The molecule has 110 valence electrons. The van der Waals surface area contributed by atoms with Gasteiger partial charge in [0.15, 0.2) is 6.61 Å². The zero-order valence-electron chi connectivity index (χ0n) is 10.8. The van der Waals surface area contributed by atoms with Crippen LogP contribution in [0.5, 0.6) is 5.75 Å².